The smallest absolute Gasteiger partial charge is 0.331 e. The van der Waals surface area contributed by atoms with Crippen LogP contribution in [0.15, 0.2) is 11.1 Å². The van der Waals surface area contributed by atoms with E-state index < -0.39 is 18.7 Å². The van der Waals surface area contributed by atoms with Crippen molar-refractivity contribution in [1.82, 2.24) is 0 Å². The van der Waals surface area contributed by atoms with Crippen molar-refractivity contribution in [1.29, 1.82) is 0 Å². The fraction of sp³-hybridized carbons (Fsp3) is 0.571. The van der Waals surface area contributed by atoms with Gasteiger partial charge in [0.15, 0.2) is 0 Å². The Balaban J connectivity index is 4.51. The third-order valence-corrected chi connectivity index (χ3v) is 1.59. The number of carbonyl (C=O) groups is 1. The van der Waals surface area contributed by atoms with Gasteiger partial charge in [-0.05, 0) is 19.4 Å². The highest BCUT2D eigenvalue weighted by Gasteiger charge is 2.11. The summed E-state index contributed by atoms with van der Waals surface area (Å²) < 4.78 is 0. The molecule has 4 heteroatoms. The molecule has 3 N–H and O–H groups in total. The van der Waals surface area contributed by atoms with Crippen molar-refractivity contribution >= 4 is 5.97 Å². The predicted molar refractivity (Wildman–Crippen MR) is 39.1 cm³/mol. The number of hydrogen-bond donors (Lipinski definition) is 3. The molecule has 1 atom stereocenters. The van der Waals surface area contributed by atoms with Crippen LogP contribution in [0.5, 0.6) is 0 Å². The fourth-order valence-corrected chi connectivity index (χ4v) is 0.556. The topological polar surface area (TPSA) is 77.8 Å². The Morgan fingerprint density at radius 2 is 1.91 bits per heavy atom. The lowest BCUT2D eigenvalue weighted by Crippen LogP contribution is -2.16. The van der Waals surface area contributed by atoms with E-state index in [9.17, 15) is 4.79 Å². The molecule has 0 rings (SSSR count). The SMILES string of the molecule is CC(C(=O)O)=C(C)C(O)CO. The van der Waals surface area contributed by atoms with Gasteiger partial charge in [0.2, 0.25) is 0 Å². The lowest BCUT2D eigenvalue weighted by Gasteiger charge is -2.08. The van der Waals surface area contributed by atoms with E-state index >= 15 is 0 Å². The fourth-order valence-electron chi connectivity index (χ4n) is 0.556. The predicted octanol–water partition coefficient (Wildman–Crippen LogP) is -0.239. The Morgan fingerprint density at radius 3 is 2.18 bits per heavy atom. The van der Waals surface area contributed by atoms with Gasteiger partial charge in [-0.25, -0.2) is 4.79 Å². The first-order chi connectivity index (χ1) is 5.00. The summed E-state index contributed by atoms with van der Waals surface area (Å²) in [6.45, 7) is 2.41. The molecule has 0 aromatic carbocycles. The Kier molecular flexibility index (Phi) is 3.78. The molecule has 0 heterocycles. The summed E-state index contributed by atoms with van der Waals surface area (Å²) in [5, 5.41) is 25.9. The van der Waals surface area contributed by atoms with Gasteiger partial charge in [0.1, 0.15) is 0 Å². The van der Waals surface area contributed by atoms with Crippen molar-refractivity contribution in [3.8, 4) is 0 Å². The highest BCUT2D eigenvalue weighted by atomic mass is 16.4. The molecular weight excluding hydrogens is 148 g/mol. The molecule has 0 aliphatic carbocycles. The summed E-state index contributed by atoms with van der Waals surface area (Å²) in [6.07, 6.45) is -1.06. The molecule has 0 aliphatic heterocycles. The van der Waals surface area contributed by atoms with E-state index in [0.717, 1.165) is 0 Å². The maximum Gasteiger partial charge on any atom is 0.331 e. The van der Waals surface area contributed by atoms with E-state index in [4.69, 9.17) is 15.3 Å². The average Bonchev–Trinajstić information content (AvgIpc) is 2.00. The number of hydrogen-bond acceptors (Lipinski definition) is 3. The first kappa shape index (κ1) is 10.1. The number of carboxylic acid groups (broad SMARTS) is 1. The monoisotopic (exact) mass is 160 g/mol. The standard InChI is InChI=1S/C7H12O4/c1-4(6(9)3-8)5(2)7(10)11/h6,8-9H,3H2,1-2H3,(H,10,11). The minimum absolute atomic E-state index is 0.0755. The number of rotatable bonds is 3. The number of carboxylic acids is 1. The van der Waals surface area contributed by atoms with Gasteiger partial charge >= 0.3 is 5.97 Å². The summed E-state index contributed by atoms with van der Waals surface area (Å²) in [6, 6.07) is 0. The van der Waals surface area contributed by atoms with Crippen molar-refractivity contribution in [2.45, 2.75) is 20.0 Å². The lowest BCUT2D eigenvalue weighted by molar-refractivity contribution is -0.132. The summed E-state index contributed by atoms with van der Waals surface area (Å²) in [7, 11) is 0. The summed E-state index contributed by atoms with van der Waals surface area (Å²) >= 11 is 0. The van der Waals surface area contributed by atoms with E-state index in [-0.39, 0.29) is 5.57 Å². The van der Waals surface area contributed by atoms with E-state index in [1.165, 1.54) is 13.8 Å². The number of aliphatic carboxylic acids is 1. The third-order valence-electron chi connectivity index (χ3n) is 1.59. The van der Waals surface area contributed by atoms with Gasteiger partial charge in [-0.15, -0.1) is 0 Å². The van der Waals surface area contributed by atoms with Crippen LogP contribution in [-0.2, 0) is 4.79 Å². The minimum Gasteiger partial charge on any atom is -0.478 e. The van der Waals surface area contributed by atoms with Crippen LogP contribution in [0.1, 0.15) is 13.8 Å². The zero-order chi connectivity index (χ0) is 9.02. The van der Waals surface area contributed by atoms with Crippen molar-refractivity contribution < 1.29 is 20.1 Å². The summed E-state index contributed by atoms with van der Waals surface area (Å²) in [5.74, 6) is -1.07. The van der Waals surface area contributed by atoms with Crippen molar-refractivity contribution in [3.63, 3.8) is 0 Å². The van der Waals surface area contributed by atoms with E-state index in [0.29, 0.717) is 5.57 Å². The molecule has 0 bridgehead atoms. The largest absolute Gasteiger partial charge is 0.478 e. The minimum atomic E-state index is -1.07. The molecule has 0 saturated heterocycles. The molecule has 64 valence electrons. The highest BCUT2D eigenvalue weighted by molar-refractivity contribution is 5.86. The van der Waals surface area contributed by atoms with Crippen molar-refractivity contribution in [2.75, 3.05) is 6.61 Å². The quantitative estimate of drug-likeness (QED) is 0.498. The second-order valence-corrected chi connectivity index (χ2v) is 2.31. The molecule has 11 heavy (non-hydrogen) atoms. The zero-order valence-corrected chi connectivity index (χ0v) is 6.53. The van der Waals surface area contributed by atoms with E-state index in [1.807, 2.05) is 0 Å². The second-order valence-electron chi connectivity index (χ2n) is 2.31. The number of aliphatic hydroxyl groups excluding tert-OH is 2. The first-order valence-corrected chi connectivity index (χ1v) is 3.20. The van der Waals surface area contributed by atoms with E-state index in [1.54, 1.807) is 0 Å². The van der Waals surface area contributed by atoms with Gasteiger partial charge < -0.3 is 15.3 Å². The van der Waals surface area contributed by atoms with Crippen LogP contribution >= 0.6 is 0 Å². The number of aliphatic hydroxyl groups is 2. The van der Waals surface area contributed by atoms with Crippen molar-refractivity contribution in [2.24, 2.45) is 0 Å². The Morgan fingerprint density at radius 1 is 1.45 bits per heavy atom. The normalized spacial score (nSPS) is 15.6. The van der Waals surface area contributed by atoms with Crippen LogP contribution in [-0.4, -0.2) is 34.0 Å². The second kappa shape index (κ2) is 4.10. The third kappa shape index (κ3) is 2.69. The summed E-state index contributed by atoms with van der Waals surface area (Å²) in [4.78, 5) is 10.3. The van der Waals surface area contributed by atoms with Gasteiger partial charge in [0, 0.05) is 5.57 Å². The van der Waals surface area contributed by atoms with Gasteiger partial charge in [-0.3, -0.25) is 0 Å². The molecular formula is C7H12O4. The zero-order valence-electron chi connectivity index (χ0n) is 6.53. The van der Waals surface area contributed by atoms with Gasteiger partial charge in [-0.2, -0.15) is 0 Å². The lowest BCUT2D eigenvalue weighted by atomic mass is 10.1. The van der Waals surface area contributed by atoms with Crippen LogP contribution in [0.3, 0.4) is 0 Å². The van der Waals surface area contributed by atoms with Gasteiger partial charge in [0.25, 0.3) is 0 Å². The molecule has 4 nitrogen and oxygen atoms in total. The molecule has 0 radical (unpaired) electrons. The molecule has 1 unspecified atom stereocenters. The van der Waals surface area contributed by atoms with Gasteiger partial charge in [-0.1, -0.05) is 0 Å². The van der Waals surface area contributed by atoms with Gasteiger partial charge in [0.05, 0.1) is 12.7 Å². The Labute approximate surface area is 64.8 Å². The molecule has 0 aliphatic rings. The van der Waals surface area contributed by atoms with Crippen LogP contribution in [0.25, 0.3) is 0 Å². The molecule has 0 fully saturated rings. The van der Waals surface area contributed by atoms with Crippen LogP contribution in [0.2, 0.25) is 0 Å². The van der Waals surface area contributed by atoms with E-state index in [2.05, 4.69) is 0 Å². The molecule has 0 aromatic rings. The maximum absolute atomic E-state index is 10.3. The summed E-state index contributed by atoms with van der Waals surface area (Å²) in [5.41, 5.74) is 0.367. The first-order valence-electron chi connectivity index (χ1n) is 3.20. The van der Waals surface area contributed by atoms with Crippen LogP contribution in [0.4, 0.5) is 0 Å². The molecule has 0 amide bonds. The molecule has 0 saturated carbocycles. The highest BCUT2D eigenvalue weighted by Crippen LogP contribution is 2.07. The maximum atomic E-state index is 10.3. The average molecular weight is 160 g/mol. The van der Waals surface area contributed by atoms with Crippen LogP contribution in [0, 0.1) is 0 Å². The Bertz CT molecular complexity index is 183. The molecule has 0 aromatic heterocycles. The Hall–Kier alpha value is -0.870. The van der Waals surface area contributed by atoms with Crippen molar-refractivity contribution in [3.05, 3.63) is 11.1 Å². The van der Waals surface area contributed by atoms with Crippen LogP contribution < -0.4 is 0 Å². The molecule has 0 spiro atoms.